The number of carbonyl (C=O) groups is 1. The first-order chi connectivity index (χ1) is 9.93. The first-order valence-corrected chi connectivity index (χ1v) is 5.96. The van der Waals surface area contributed by atoms with Crippen LogP contribution in [0.4, 0.5) is 5.69 Å². The molecule has 0 N–H and O–H groups in total. The van der Waals surface area contributed by atoms with E-state index in [4.69, 9.17) is 4.42 Å². The van der Waals surface area contributed by atoms with Gasteiger partial charge < -0.3 is 9.15 Å². The van der Waals surface area contributed by atoms with Gasteiger partial charge in [-0.25, -0.2) is 4.79 Å². The average Bonchev–Trinajstić information content (AvgIpc) is 2.90. The van der Waals surface area contributed by atoms with Crippen molar-refractivity contribution < 1.29 is 18.9 Å². The second kappa shape index (κ2) is 5.61. The third-order valence-electron chi connectivity index (χ3n) is 2.98. The van der Waals surface area contributed by atoms with Crippen LogP contribution in [0.5, 0.6) is 0 Å². The minimum Gasteiger partial charge on any atom is -0.463 e. The Bertz CT molecular complexity index is 758. The van der Waals surface area contributed by atoms with Crippen LogP contribution >= 0.6 is 0 Å². The minimum absolute atomic E-state index is 0.00336. The van der Waals surface area contributed by atoms with Gasteiger partial charge in [-0.1, -0.05) is 0 Å². The second-order valence-electron chi connectivity index (χ2n) is 4.24. The number of pyridine rings is 1. The largest absolute Gasteiger partial charge is 0.463 e. The lowest BCUT2D eigenvalue weighted by atomic mass is 10.3. The Balaban J connectivity index is 2.38. The van der Waals surface area contributed by atoms with Crippen molar-refractivity contribution in [3.63, 3.8) is 0 Å². The molecule has 0 spiro atoms. The summed E-state index contributed by atoms with van der Waals surface area (Å²) in [7, 11) is 1.22. The van der Waals surface area contributed by atoms with Crippen molar-refractivity contribution in [1.82, 2.24) is 4.57 Å². The molecule has 8 nitrogen and oxygen atoms in total. The van der Waals surface area contributed by atoms with Crippen molar-refractivity contribution in [2.24, 2.45) is 0 Å². The van der Waals surface area contributed by atoms with E-state index >= 15 is 0 Å². The number of esters is 1. The van der Waals surface area contributed by atoms with Gasteiger partial charge in [0.2, 0.25) is 5.76 Å². The van der Waals surface area contributed by atoms with Crippen molar-refractivity contribution >= 4 is 11.7 Å². The SMILES string of the molecule is COC(=O)c1ccc(Cn2c(C)c([N+](=O)[O-])ccc2=O)o1. The van der Waals surface area contributed by atoms with Crippen molar-refractivity contribution in [1.29, 1.82) is 0 Å². The van der Waals surface area contributed by atoms with Crippen LogP contribution in [-0.4, -0.2) is 22.6 Å². The van der Waals surface area contributed by atoms with Gasteiger partial charge in [0.1, 0.15) is 5.76 Å². The van der Waals surface area contributed by atoms with Crippen LogP contribution in [0, 0.1) is 17.0 Å². The molecular formula is C13H12N2O6. The van der Waals surface area contributed by atoms with Gasteiger partial charge in [-0.05, 0) is 19.1 Å². The van der Waals surface area contributed by atoms with Gasteiger partial charge in [-0.2, -0.15) is 0 Å². The summed E-state index contributed by atoms with van der Waals surface area (Å²) in [5.41, 5.74) is -0.341. The molecule has 0 aliphatic carbocycles. The number of hydrogen-bond donors (Lipinski definition) is 0. The van der Waals surface area contributed by atoms with E-state index in [0.717, 1.165) is 12.1 Å². The predicted molar refractivity (Wildman–Crippen MR) is 71.2 cm³/mol. The fourth-order valence-electron chi connectivity index (χ4n) is 1.88. The van der Waals surface area contributed by atoms with Gasteiger partial charge in [0.15, 0.2) is 0 Å². The summed E-state index contributed by atoms with van der Waals surface area (Å²) < 4.78 is 11.0. The van der Waals surface area contributed by atoms with E-state index in [9.17, 15) is 19.7 Å². The maximum Gasteiger partial charge on any atom is 0.373 e. The molecule has 0 radical (unpaired) electrons. The zero-order chi connectivity index (χ0) is 15.6. The van der Waals surface area contributed by atoms with Crippen molar-refractivity contribution in [2.45, 2.75) is 13.5 Å². The van der Waals surface area contributed by atoms with Gasteiger partial charge in [0, 0.05) is 12.1 Å². The van der Waals surface area contributed by atoms with Gasteiger partial charge in [0.05, 0.1) is 24.3 Å². The van der Waals surface area contributed by atoms with E-state index < -0.39 is 16.5 Å². The molecule has 0 aliphatic heterocycles. The highest BCUT2D eigenvalue weighted by atomic mass is 16.6. The van der Waals surface area contributed by atoms with Crippen LogP contribution in [0.25, 0.3) is 0 Å². The molecule has 0 fully saturated rings. The summed E-state index contributed by atoms with van der Waals surface area (Å²) in [5.74, 6) is -0.311. The maximum atomic E-state index is 11.8. The molecule has 110 valence electrons. The number of methoxy groups -OCH3 is 1. The van der Waals surface area contributed by atoms with Crippen LogP contribution in [0.1, 0.15) is 22.0 Å². The Kier molecular flexibility index (Phi) is 3.88. The molecule has 0 saturated heterocycles. The summed E-state index contributed by atoms with van der Waals surface area (Å²) in [6.07, 6.45) is 0. The highest BCUT2D eigenvalue weighted by Gasteiger charge is 2.17. The molecule has 0 saturated carbocycles. The smallest absolute Gasteiger partial charge is 0.373 e. The lowest BCUT2D eigenvalue weighted by Crippen LogP contribution is -2.22. The number of aromatic nitrogens is 1. The van der Waals surface area contributed by atoms with E-state index in [-0.39, 0.29) is 23.7 Å². The first kappa shape index (κ1) is 14.5. The van der Waals surface area contributed by atoms with Crippen LogP contribution < -0.4 is 5.56 Å². The summed E-state index contributed by atoms with van der Waals surface area (Å²) in [6, 6.07) is 5.21. The molecule has 0 atom stereocenters. The number of carbonyl (C=O) groups excluding carboxylic acids is 1. The van der Waals surface area contributed by atoms with E-state index in [1.807, 2.05) is 0 Å². The summed E-state index contributed by atoms with van der Waals surface area (Å²) in [5, 5.41) is 10.9. The topological polar surface area (TPSA) is 105 Å². The normalized spacial score (nSPS) is 10.4. The van der Waals surface area contributed by atoms with E-state index in [2.05, 4.69) is 4.74 Å². The lowest BCUT2D eigenvalue weighted by molar-refractivity contribution is -0.386. The molecule has 2 aromatic heterocycles. The monoisotopic (exact) mass is 292 g/mol. The third kappa shape index (κ3) is 2.83. The predicted octanol–water partition coefficient (Wildman–Crippen LogP) is 1.49. The Morgan fingerprint density at radius 1 is 1.38 bits per heavy atom. The third-order valence-corrected chi connectivity index (χ3v) is 2.98. The van der Waals surface area contributed by atoms with Gasteiger partial charge >= 0.3 is 5.97 Å². The highest BCUT2D eigenvalue weighted by molar-refractivity contribution is 5.86. The average molecular weight is 292 g/mol. The molecule has 0 unspecified atom stereocenters. The van der Waals surface area contributed by atoms with Gasteiger partial charge in [-0.3, -0.25) is 19.5 Å². The molecule has 0 bridgehead atoms. The van der Waals surface area contributed by atoms with Crippen LogP contribution in [0.3, 0.4) is 0 Å². The van der Waals surface area contributed by atoms with E-state index in [1.54, 1.807) is 0 Å². The fourth-order valence-corrected chi connectivity index (χ4v) is 1.88. The zero-order valence-corrected chi connectivity index (χ0v) is 11.4. The fraction of sp³-hybridized carbons (Fsp3) is 0.231. The van der Waals surface area contributed by atoms with Gasteiger partial charge in [0.25, 0.3) is 11.2 Å². The molecule has 0 aliphatic rings. The first-order valence-electron chi connectivity index (χ1n) is 5.96. The second-order valence-corrected chi connectivity index (χ2v) is 4.24. The molecule has 2 rings (SSSR count). The lowest BCUT2D eigenvalue weighted by Gasteiger charge is -2.07. The number of furan rings is 1. The molecule has 8 heteroatoms. The van der Waals surface area contributed by atoms with Gasteiger partial charge in [-0.15, -0.1) is 0 Å². The highest BCUT2D eigenvalue weighted by Crippen LogP contribution is 2.17. The Morgan fingerprint density at radius 2 is 2.10 bits per heavy atom. The number of nitro groups is 1. The molecule has 0 amide bonds. The van der Waals surface area contributed by atoms with Crippen molar-refractivity contribution in [2.75, 3.05) is 7.11 Å². The number of hydrogen-bond acceptors (Lipinski definition) is 6. The summed E-state index contributed by atoms with van der Waals surface area (Å²) >= 11 is 0. The standard InChI is InChI=1S/C13H12N2O6/c1-8-10(15(18)19)4-6-12(16)14(8)7-9-3-5-11(21-9)13(17)20-2/h3-6H,7H2,1-2H3. The number of rotatable bonds is 4. The molecule has 2 aromatic rings. The number of nitrogens with zero attached hydrogens (tertiary/aromatic N) is 2. The molecule has 2 heterocycles. The Morgan fingerprint density at radius 3 is 2.71 bits per heavy atom. The quantitative estimate of drug-likeness (QED) is 0.480. The molecular weight excluding hydrogens is 280 g/mol. The molecule has 0 aromatic carbocycles. The summed E-state index contributed by atoms with van der Waals surface area (Å²) in [4.78, 5) is 33.4. The van der Waals surface area contributed by atoms with Crippen molar-refractivity contribution in [3.8, 4) is 0 Å². The van der Waals surface area contributed by atoms with E-state index in [0.29, 0.717) is 5.76 Å². The van der Waals surface area contributed by atoms with Crippen LogP contribution in [0.15, 0.2) is 33.5 Å². The maximum absolute atomic E-state index is 11.8. The zero-order valence-electron chi connectivity index (χ0n) is 11.4. The summed E-state index contributed by atoms with van der Waals surface area (Å²) in [6.45, 7) is 1.47. The van der Waals surface area contributed by atoms with E-state index in [1.165, 1.54) is 30.7 Å². The Hall–Kier alpha value is -2.90. The van der Waals surface area contributed by atoms with Crippen LogP contribution in [0.2, 0.25) is 0 Å². The Labute approximate surface area is 118 Å². The van der Waals surface area contributed by atoms with Crippen LogP contribution in [-0.2, 0) is 11.3 Å². The number of ether oxygens (including phenoxy) is 1. The minimum atomic E-state index is -0.635. The molecule has 21 heavy (non-hydrogen) atoms. The van der Waals surface area contributed by atoms with Crippen molar-refractivity contribution in [3.05, 3.63) is 61.9 Å².